The second kappa shape index (κ2) is 11.4. The number of hydrogen-bond donors (Lipinski definition) is 2. The smallest absolute Gasteiger partial charge is 0.221 e. The molecule has 2 amide bonds. The molecule has 2 aromatic carbocycles. The Kier molecular flexibility index (Phi) is 8.28. The number of amides is 2. The molecule has 0 spiro atoms. The molecule has 0 bridgehead atoms. The minimum atomic E-state index is -0.0353. The molecule has 1 heterocycles. The van der Waals surface area contributed by atoms with Gasteiger partial charge in [-0.15, -0.1) is 0 Å². The predicted octanol–water partition coefficient (Wildman–Crippen LogP) is 5.50. The molecule has 0 radical (unpaired) electrons. The molecular formula is C28H36ClN3O2. The van der Waals surface area contributed by atoms with E-state index in [4.69, 9.17) is 11.6 Å². The third kappa shape index (κ3) is 6.39. The van der Waals surface area contributed by atoms with E-state index in [0.717, 1.165) is 69.0 Å². The molecule has 2 aromatic rings. The van der Waals surface area contributed by atoms with E-state index in [9.17, 15) is 9.59 Å². The van der Waals surface area contributed by atoms with Gasteiger partial charge >= 0.3 is 0 Å². The minimum Gasteiger partial charge on any atom is -0.356 e. The normalized spacial score (nSPS) is 18.2. The fraction of sp³-hybridized carbons (Fsp3) is 0.500. The van der Waals surface area contributed by atoms with Crippen molar-refractivity contribution in [1.82, 2.24) is 10.2 Å². The Morgan fingerprint density at radius 2 is 1.82 bits per heavy atom. The standard InChI is InChI=1S/C28H36ClN3O2/c1-21(33)31-26-6-2-5-23(19-26)22-11-17-32(18-12-22)16-4-15-30-27(34)20-28(13-3-14-28)24-7-9-25(29)10-8-24/h2,5-10,19,22H,3-4,11-18,20H2,1H3,(H,30,34)(H,31,33). The van der Waals surface area contributed by atoms with Gasteiger partial charge in [-0.05, 0) is 93.0 Å². The molecule has 0 aromatic heterocycles. The van der Waals surface area contributed by atoms with Crippen LogP contribution in [-0.4, -0.2) is 42.9 Å². The van der Waals surface area contributed by atoms with Crippen LogP contribution in [0.2, 0.25) is 5.02 Å². The molecule has 6 heteroatoms. The van der Waals surface area contributed by atoms with Crippen LogP contribution in [0.4, 0.5) is 5.69 Å². The average Bonchev–Trinajstić information content (AvgIpc) is 2.80. The molecule has 2 fully saturated rings. The SMILES string of the molecule is CC(=O)Nc1cccc(C2CCN(CCCNC(=O)CC3(c4ccc(Cl)cc4)CCC3)CC2)c1. The first-order chi connectivity index (χ1) is 16.4. The molecule has 2 aliphatic rings. The zero-order chi connectivity index (χ0) is 24.0. The summed E-state index contributed by atoms with van der Waals surface area (Å²) in [5.41, 5.74) is 3.42. The van der Waals surface area contributed by atoms with Crippen molar-refractivity contribution in [3.05, 3.63) is 64.7 Å². The summed E-state index contributed by atoms with van der Waals surface area (Å²) >= 11 is 6.04. The first-order valence-electron chi connectivity index (χ1n) is 12.6. The predicted molar refractivity (Wildman–Crippen MR) is 138 cm³/mol. The highest BCUT2D eigenvalue weighted by Gasteiger charge is 2.40. The number of benzene rings is 2. The van der Waals surface area contributed by atoms with Gasteiger partial charge in [0.1, 0.15) is 0 Å². The molecule has 5 nitrogen and oxygen atoms in total. The van der Waals surface area contributed by atoms with Crippen molar-refractivity contribution >= 4 is 29.1 Å². The van der Waals surface area contributed by atoms with Gasteiger partial charge in [-0.25, -0.2) is 0 Å². The summed E-state index contributed by atoms with van der Waals surface area (Å²) in [7, 11) is 0. The van der Waals surface area contributed by atoms with Crippen molar-refractivity contribution < 1.29 is 9.59 Å². The lowest BCUT2D eigenvalue weighted by Crippen LogP contribution is -2.41. The summed E-state index contributed by atoms with van der Waals surface area (Å²) in [5, 5.41) is 6.78. The topological polar surface area (TPSA) is 61.4 Å². The van der Waals surface area contributed by atoms with Crippen molar-refractivity contribution in [2.75, 3.05) is 31.5 Å². The Morgan fingerprint density at radius 3 is 2.47 bits per heavy atom. The van der Waals surface area contributed by atoms with E-state index >= 15 is 0 Å². The summed E-state index contributed by atoms with van der Waals surface area (Å²) in [6, 6.07) is 16.3. The van der Waals surface area contributed by atoms with Gasteiger partial charge in [0.05, 0.1) is 0 Å². The van der Waals surface area contributed by atoms with Crippen LogP contribution in [0.25, 0.3) is 0 Å². The molecule has 1 aliphatic carbocycles. The number of rotatable bonds is 9. The van der Waals surface area contributed by atoms with Gasteiger partial charge in [0.25, 0.3) is 0 Å². The van der Waals surface area contributed by atoms with Crippen LogP contribution in [0.5, 0.6) is 0 Å². The van der Waals surface area contributed by atoms with E-state index in [1.807, 2.05) is 24.3 Å². The Labute approximate surface area is 208 Å². The second-order valence-corrected chi connectivity index (χ2v) is 10.4. The maximum absolute atomic E-state index is 12.7. The van der Waals surface area contributed by atoms with Gasteiger partial charge in [0.15, 0.2) is 0 Å². The number of carbonyl (C=O) groups is 2. The highest BCUT2D eigenvalue weighted by atomic mass is 35.5. The van der Waals surface area contributed by atoms with Crippen LogP contribution in [0.1, 0.15) is 68.9 Å². The number of hydrogen-bond acceptors (Lipinski definition) is 3. The third-order valence-corrected chi connectivity index (χ3v) is 7.76. The Bertz CT molecular complexity index is 979. The van der Waals surface area contributed by atoms with Gasteiger partial charge in [-0.3, -0.25) is 9.59 Å². The molecule has 4 rings (SSSR count). The molecule has 1 saturated carbocycles. The highest BCUT2D eigenvalue weighted by molar-refractivity contribution is 6.30. The zero-order valence-corrected chi connectivity index (χ0v) is 20.9. The highest BCUT2D eigenvalue weighted by Crippen LogP contribution is 2.46. The molecule has 1 saturated heterocycles. The van der Waals surface area contributed by atoms with Crippen molar-refractivity contribution in [2.24, 2.45) is 0 Å². The first-order valence-corrected chi connectivity index (χ1v) is 12.9. The summed E-state index contributed by atoms with van der Waals surface area (Å²) in [4.78, 5) is 26.5. The average molecular weight is 482 g/mol. The number of anilines is 1. The van der Waals surface area contributed by atoms with Crippen molar-refractivity contribution in [3.8, 4) is 0 Å². The van der Waals surface area contributed by atoms with E-state index < -0.39 is 0 Å². The Morgan fingerprint density at radius 1 is 1.09 bits per heavy atom. The monoisotopic (exact) mass is 481 g/mol. The van der Waals surface area contributed by atoms with Crippen LogP contribution < -0.4 is 10.6 Å². The lowest BCUT2D eigenvalue weighted by atomic mass is 9.62. The van der Waals surface area contributed by atoms with Crippen LogP contribution >= 0.6 is 11.6 Å². The summed E-state index contributed by atoms with van der Waals surface area (Å²) in [5.74, 6) is 0.663. The Balaban J connectivity index is 1.16. The molecule has 0 unspecified atom stereocenters. The fourth-order valence-electron chi connectivity index (χ4n) is 5.44. The maximum Gasteiger partial charge on any atom is 0.221 e. The van der Waals surface area contributed by atoms with Gasteiger partial charge in [0.2, 0.25) is 11.8 Å². The Hall–Kier alpha value is -2.37. The van der Waals surface area contributed by atoms with E-state index in [1.54, 1.807) is 6.92 Å². The maximum atomic E-state index is 12.7. The molecule has 182 valence electrons. The van der Waals surface area contributed by atoms with Gasteiger partial charge in [-0.2, -0.15) is 0 Å². The van der Waals surface area contributed by atoms with Crippen LogP contribution in [0.15, 0.2) is 48.5 Å². The quantitative estimate of drug-likeness (QED) is 0.465. The van der Waals surface area contributed by atoms with Crippen LogP contribution in [-0.2, 0) is 15.0 Å². The van der Waals surface area contributed by atoms with E-state index in [2.05, 4.69) is 39.8 Å². The lowest BCUT2D eigenvalue weighted by molar-refractivity contribution is -0.123. The first kappa shape index (κ1) is 24.7. The largest absolute Gasteiger partial charge is 0.356 e. The number of nitrogens with one attached hydrogen (secondary N) is 2. The second-order valence-electron chi connectivity index (χ2n) is 9.94. The molecular weight excluding hydrogens is 446 g/mol. The van der Waals surface area contributed by atoms with E-state index in [-0.39, 0.29) is 17.2 Å². The van der Waals surface area contributed by atoms with Crippen LogP contribution in [0.3, 0.4) is 0 Å². The summed E-state index contributed by atoms with van der Waals surface area (Å²) in [6.07, 6.45) is 7.12. The van der Waals surface area contributed by atoms with Gasteiger partial charge in [-0.1, -0.05) is 42.3 Å². The van der Waals surface area contributed by atoms with Crippen LogP contribution in [0, 0.1) is 0 Å². The van der Waals surface area contributed by atoms with Crippen molar-refractivity contribution in [2.45, 2.75) is 63.2 Å². The van der Waals surface area contributed by atoms with E-state index in [1.165, 1.54) is 17.5 Å². The molecule has 34 heavy (non-hydrogen) atoms. The number of likely N-dealkylation sites (tertiary alicyclic amines) is 1. The van der Waals surface area contributed by atoms with Gasteiger partial charge < -0.3 is 15.5 Å². The lowest BCUT2D eigenvalue weighted by Gasteiger charge is -2.42. The van der Waals surface area contributed by atoms with Crippen molar-refractivity contribution in [3.63, 3.8) is 0 Å². The third-order valence-electron chi connectivity index (χ3n) is 7.51. The summed E-state index contributed by atoms with van der Waals surface area (Å²) < 4.78 is 0. The van der Waals surface area contributed by atoms with Gasteiger partial charge in [0, 0.05) is 36.0 Å². The molecule has 2 N–H and O–H groups in total. The minimum absolute atomic E-state index is 0.00616. The number of nitrogens with zero attached hydrogens (tertiary/aromatic N) is 1. The number of carbonyl (C=O) groups excluding carboxylic acids is 2. The summed E-state index contributed by atoms with van der Waals surface area (Å²) in [6.45, 7) is 5.43. The number of halogens is 1. The fourth-order valence-corrected chi connectivity index (χ4v) is 5.56. The van der Waals surface area contributed by atoms with E-state index in [0.29, 0.717) is 12.3 Å². The zero-order valence-electron chi connectivity index (χ0n) is 20.1. The number of piperidine rings is 1. The molecule has 1 aliphatic heterocycles. The van der Waals surface area contributed by atoms with Crippen molar-refractivity contribution in [1.29, 1.82) is 0 Å². The molecule has 0 atom stereocenters.